The maximum atomic E-state index is 12.0. The third-order valence-electron chi connectivity index (χ3n) is 4.12. The van der Waals surface area contributed by atoms with Crippen LogP contribution in [0.4, 0.5) is 0 Å². The van der Waals surface area contributed by atoms with Gasteiger partial charge < -0.3 is 10.1 Å². The molecule has 1 fully saturated rings. The predicted octanol–water partition coefficient (Wildman–Crippen LogP) is 2.62. The minimum atomic E-state index is -0.120. The number of amides is 1. The fourth-order valence-electron chi connectivity index (χ4n) is 2.88. The molecule has 0 unspecified atom stereocenters. The smallest absolute Gasteiger partial charge is 0.269 e. The number of rotatable bonds is 4. The number of hydrogen-bond donors (Lipinski definition) is 2. The van der Waals surface area contributed by atoms with E-state index in [2.05, 4.69) is 46.7 Å². The van der Waals surface area contributed by atoms with E-state index in [0.29, 0.717) is 18.2 Å². The molecule has 0 bridgehead atoms. The number of nitrogens with zero attached hydrogens (tertiary/aromatic N) is 1. The maximum Gasteiger partial charge on any atom is 0.269 e. The van der Waals surface area contributed by atoms with E-state index in [-0.39, 0.29) is 12.0 Å². The molecule has 2 aromatic rings. The number of nitrogens with one attached hydrogen (secondary N) is 2. The molecule has 116 valence electrons. The van der Waals surface area contributed by atoms with Gasteiger partial charge in [-0.2, -0.15) is 5.10 Å². The van der Waals surface area contributed by atoms with Crippen molar-refractivity contribution in [2.24, 2.45) is 5.92 Å². The second-order valence-corrected chi connectivity index (χ2v) is 5.78. The number of carbonyl (C=O) groups is 1. The van der Waals surface area contributed by atoms with Crippen molar-refractivity contribution in [3.63, 3.8) is 0 Å². The number of hydrogen-bond acceptors (Lipinski definition) is 3. The zero-order valence-corrected chi connectivity index (χ0v) is 12.7. The molecule has 2 heterocycles. The third-order valence-corrected chi connectivity index (χ3v) is 4.12. The number of aromatic amines is 1. The average Bonchev–Trinajstić information content (AvgIpc) is 3.08. The van der Waals surface area contributed by atoms with Gasteiger partial charge in [0, 0.05) is 25.3 Å². The Bertz CT molecular complexity index is 607. The van der Waals surface area contributed by atoms with E-state index >= 15 is 0 Å². The number of carbonyl (C=O) groups excluding carboxylic acids is 1. The summed E-state index contributed by atoms with van der Waals surface area (Å²) in [7, 11) is 0. The van der Waals surface area contributed by atoms with Gasteiger partial charge in [-0.1, -0.05) is 29.8 Å². The Labute approximate surface area is 130 Å². The Kier molecular flexibility index (Phi) is 4.53. The molecule has 0 spiro atoms. The van der Waals surface area contributed by atoms with Gasteiger partial charge in [-0.05, 0) is 31.4 Å². The van der Waals surface area contributed by atoms with Gasteiger partial charge in [0.1, 0.15) is 5.69 Å². The van der Waals surface area contributed by atoms with Crippen LogP contribution < -0.4 is 5.32 Å². The van der Waals surface area contributed by atoms with Crippen molar-refractivity contribution in [2.45, 2.75) is 25.9 Å². The van der Waals surface area contributed by atoms with Crippen molar-refractivity contribution in [3.8, 4) is 0 Å². The molecule has 5 nitrogen and oxygen atoms in total. The second-order valence-electron chi connectivity index (χ2n) is 5.78. The van der Waals surface area contributed by atoms with Gasteiger partial charge in [-0.25, -0.2) is 0 Å². The van der Waals surface area contributed by atoms with E-state index in [9.17, 15) is 4.79 Å². The molecule has 1 aliphatic heterocycles. The van der Waals surface area contributed by atoms with Gasteiger partial charge in [-0.15, -0.1) is 0 Å². The molecule has 1 aliphatic rings. The highest BCUT2D eigenvalue weighted by Crippen LogP contribution is 2.33. The summed E-state index contributed by atoms with van der Waals surface area (Å²) >= 11 is 0. The van der Waals surface area contributed by atoms with Crippen molar-refractivity contribution in [1.82, 2.24) is 15.5 Å². The summed E-state index contributed by atoms with van der Waals surface area (Å²) in [6.45, 7) is 3.47. The van der Waals surface area contributed by atoms with Crippen LogP contribution in [0, 0.1) is 12.8 Å². The van der Waals surface area contributed by atoms with E-state index in [0.717, 1.165) is 19.4 Å². The molecule has 0 aliphatic carbocycles. The number of H-pyrrole nitrogens is 1. The van der Waals surface area contributed by atoms with Crippen molar-refractivity contribution in [3.05, 3.63) is 53.3 Å². The number of benzene rings is 1. The lowest BCUT2D eigenvalue weighted by molar-refractivity contribution is -0.0272. The monoisotopic (exact) mass is 299 g/mol. The van der Waals surface area contributed by atoms with Crippen LogP contribution >= 0.6 is 0 Å². The van der Waals surface area contributed by atoms with E-state index in [1.807, 2.05) is 0 Å². The maximum absolute atomic E-state index is 12.0. The first-order valence-electron chi connectivity index (χ1n) is 7.70. The Morgan fingerprint density at radius 2 is 2.18 bits per heavy atom. The Morgan fingerprint density at radius 1 is 1.36 bits per heavy atom. The van der Waals surface area contributed by atoms with Crippen molar-refractivity contribution in [2.75, 3.05) is 13.2 Å². The summed E-state index contributed by atoms with van der Waals surface area (Å²) in [6, 6.07) is 10.1. The van der Waals surface area contributed by atoms with E-state index in [4.69, 9.17) is 4.74 Å². The van der Waals surface area contributed by atoms with Crippen molar-refractivity contribution >= 4 is 5.91 Å². The minimum absolute atomic E-state index is 0.0522. The zero-order valence-electron chi connectivity index (χ0n) is 12.7. The highest BCUT2D eigenvalue weighted by Gasteiger charge is 2.27. The Balaban J connectivity index is 1.65. The third kappa shape index (κ3) is 3.36. The molecule has 1 aromatic heterocycles. The van der Waals surface area contributed by atoms with Crippen LogP contribution in [0.5, 0.6) is 0 Å². The van der Waals surface area contributed by atoms with Crippen molar-refractivity contribution < 1.29 is 9.53 Å². The van der Waals surface area contributed by atoms with E-state index in [1.165, 1.54) is 11.1 Å². The number of ether oxygens (including phenoxy) is 1. The van der Waals surface area contributed by atoms with Gasteiger partial charge in [0.25, 0.3) is 5.91 Å². The SMILES string of the molecule is Cc1ccc([C@H]2OCCC[C@@H]2CNC(=O)c2ccn[nH]2)cc1. The first-order chi connectivity index (χ1) is 10.7. The molecule has 1 aromatic carbocycles. The molecule has 2 N–H and O–H groups in total. The molecule has 1 saturated heterocycles. The zero-order chi connectivity index (χ0) is 15.4. The lowest BCUT2D eigenvalue weighted by Crippen LogP contribution is -2.35. The van der Waals surface area contributed by atoms with Crippen LogP contribution in [0.1, 0.15) is 40.6 Å². The van der Waals surface area contributed by atoms with Gasteiger partial charge in [0.15, 0.2) is 0 Å². The van der Waals surface area contributed by atoms with E-state index in [1.54, 1.807) is 12.3 Å². The normalized spacial score (nSPS) is 21.5. The minimum Gasteiger partial charge on any atom is -0.373 e. The van der Waals surface area contributed by atoms with Crippen LogP contribution in [0.15, 0.2) is 36.5 Å². The highest BCUT2D eigenvalue weighted by atomic mass is 16.5. The average molecular weight is 299 g/mol. The van der Waals surface area contributed by atoms with Crippen LogP contribution in [-0.2, 0) is 4.74 Å². The lowest BCUT2D eigenvalue weighted by atomic mass is 9.89. The number of aromatic nitrogens is 2. The molecule has 5 heteroatoms. The number of aryl methyl sites for hydroxylation is 1. The standard InChI is InChI=1S/C17H21N3O2/c1-12-4-6-13(7-5-12)16-14(3-2-10-22-16)11-18-17(21)15-8-9-19-20-15/h4-9,14,16H,2-3,10-11H2,1H3,(H,18,21)(H,19,20)/t14-,16-/m1/s1. The molecular weight excluding hydrogens is 278 g/mol. The fraction of sp³-hybridized carbons (Fsp3) is 0.412. The quantitative estimate of drug-likeness (QED) is 0.912. The topological polar surface area (TPSA) is 67.0 Å². The molecule has 1 amide bonds. The van der Waals surface area contributed by atoms with E-state index < -0.39 is 0 Å². The lowest BCUT2D eigenvalue weighted by Gasteiger charge is -2.32. The Morgan fingerprint density at radius 3 is 2.91 bits per heavy atom. The molecule has 3 rings (SSSR count). The summed E-state index contributed by atoms with van der Waals surface area (Å²) in [5.41, 5.74) is 2.92. The van der Waals surface area contributed by atoms with Crippen LogP contribution in [0.3, 0.4) is 0 Å². The summed E-state index contributed by atoms with van der Waals surface area (Å²) < 4.78 is 5.97. The molecule has 22 heavy (non-hydrogen) atoms. The summed E-state index contributed by atoms with van der Waals surface area (Å²) in [6.07, 6.45) is 3.72. The highest BCUT2D eigenvalue weighted by molar-refractivity contribution is 5.92. The van der Waals surface area contributed by atoms with Crippen LogP contribution in [0.2, 0.25) is 0 Å². The van der Waals surface area contributed by atoms with Crippen LogP contribution in [-0.4, -0.2) is 29.3 Å². The molecule has 0 radical (unpaired) electrons. The van der Waals surface area contributed by atoms with Crippen molar-refractivity contribution in [1.29, 1.82) is 0 Å². The molecular formula is C17H21N3O2. The molecule has 2 atom stereocenters. The first-order valence-corrected chi connectivity index (χ1v) is 7.70. The summed E-state index contributed by atoms with van der Waals surface area (Å²) in [5, 5.41) is 9.45. The summed E-state index contributed by atoms with van der Waals surface area (Å²) in [5.74, 6) is 0.175. The van der Waals surface area contributed by atoms with Gasteiger partial charge in [-0.3, -0.25) is 9.89 Å². The predicted molar refractivity (Wildman–Crippen MR) is 83.5 cm³/mol. The first kappa shape index (κ1) is 14.8. The van der Waals surface area contributed by atoms with Gasteiger partial charge in [0.2, 0.25) is 0 Å². The summed E-state index contributed by atoms with van der Waals surface area (Å²) in [4.78, 5) is 12.0. The Hall–Kier alpha value is -2.14. The fourth-order valence-corrected chi connectivity index (χ4v) is 2.88. The van der Waals surface area contributed by atoms with Gasteiger partial charge >= 0.3 is 0 Å². The van der Waals surface area contributed by atoms with Gasteiger partial charge in [0.05, 0.1) is 6.10 Å². The van der Waals surface area contributed by atoms with Crippen LogP contribution in [0.25, 0.3) is 0 Å². The second kappa shape index (κ2) is 6.75. The largest absolute Gasteiger partial charge is 0.373 e. The molecule has 0 saturated carbocycles.